The van der Waals surface area contributed by atoms with E-state index < -0.39 is 0 Å². The van der Waals surface area contributed by atoms with Gasteiger partial charge in [-0.05, 0) is 69.4 Å². The van der Waals surface area contributed by atoms with Crippen LogP contribution in [0, 0.1) is 5.92 Å². The Morgan fingerprint density at radius 3 is 2.48 bits per heavy atom. The van der Waals surface area contributed by atoms with E-state index in [0.29, 0.717) is 12.1 Å². The maximum absolute atomic E-state index is 4.71. The minimum absolute atomic E-state index is 0.585. The van der Waals surface area contributed by atoms with Crippen LogP contribution >= 0.6 is 0 Å². The summed E-state index contributed by atoms with van der Waals surface area (Å²) in [7, 11) is 0. The lowest BCUT2D eigenvalue weighted by atomic mass is 9.81. The van der Waals surface area contributed by atoms with E-state index in [-0.39, 0.29) is 0 Å². The zero-order valence-corrected chi connectivity index (χ0v) is 19.6. The first-order valence-corrected chi connectivity index (χ1v) is 12.0. The van der Waals surface area contributed by atoms with E-state index in [9.17, 15) is 0 Å². The van der Waals surface area contributed by atoms with Gasteiger partial charge in [-0.1, -0.05) is 34.1 Å². The van der Waals surface area contributed by atoms with Crippen molar-refractivity contribution >= 4 is 12.4 Å². The monoisotopic (exact) mass is 400 g/mol. The molecule has 2 aliphatic rings. The van der Waals surface area contributed by atoms with Gasteiger partial charge < -0.3 is 10.2 Å². The largest absolute Gasteiger partial charge is 0.375 e. The first-order chi connectivity index (χ1) is 14.1. The third-order valence-corrected chi connectivity index (χ3v) is 6.21. The molecule has 0 bridgehead atoms. The quantitative estimate of drug-likeness (QED) is 0.479. The highest BCUT2D eigenvalue weighted by Crippen LogP contribution is 2.32. The highest BCUT2D eigenvalue weighted by atomic mass is 15.1. The Morgan fingerprint density at radius 1 is 1.17 bits per heavy atom. The Hall–Kier alpha value is -1.42. The summed E-state index contributed by atoms with van der Waals surface area (Å²) in [5.41, 5.74) is 4.06. The van der Waals surface area contributed by atoms with Gasteiger partial charge in [0.05, 0.1) is 12.2 Å². The SMILES string of the molecule is CCCCN(CC)/C(=C/C(CC1CCC(NC(C)C)CC1)=C1\CN=CC=N1)CC. The first kappa shape index (κ1) is 23.9. The van der Waals surface area contributed by atoms with Gasteiger partial charge >= 0.3 is 0 Å². The van der Waals surface area contributed by atoms with Gasteiger partial charge in [0.15, 0.2) is 0 Å². The number of nitrogens with one attached hydrogen (secondary N) is 1. The molecule has 0 amide bonds. The zero-order chi connectivity index (χ0) is 21.1. The first-order valence-electron chi connectivity index (χ1n) is 12.0. The molecule has 164 valence electrons. The van der Waals surface area contributed by atoms with Crippen LogP contribution < -0.4 is 5.32 Å². The Bertz CT molecular complexity index is 592. The van der Waals surface area contributed by atoms with Gasteiger partial charge in [-0.3, -0.25) is 9.98 Å². The molecule has 1 saturated carbocycles. The number of unbranched alkanes of at least 4 members (excludes halogenated alkanes) is 1. The second-order valence-electron chi connectivity index (χ2n) is 8.91. The molecular formula is C25H44N4. The molecule has 0 aromatic carbocycles. The van der Waals surface area contributed by atoms with Crippen LogP contribution in [0.15, 0.2) is 33.0 Å². The molecule has 0 saturated heterocycles. The zero-order valence-electron chi connectivity index (χ0n) is 19.6. The van der Waals surface area contributed by atoms with Gasteiger partial charge in [0.25, 0.3) is 0 Å². The normalized spacial score (nSPS) is 24.3. The van der Waals surface area contributed by atoms with Gasteiger partial charge in [-0.2, -0.15) is 0 Å². The Balaban J connectivity index is 2.14. The van der Waals surface area contributed by atoms with E-state index in [2.05, 4.69) is 55.9 Å². The molecule has 1 aliphatic heterocycles. The molecule has 1 fully saturated rings. The molecule has 0 aromatic heterocycles. The minimum atomic E-state index is 0.585. The van der Waals surface area contributed by atoms with Crippen molar-refractivity contribution in [2.75, 3.05) is 19.6 Å². The molecule has 29 heavy (non-hydrogen) atoms. The second kappa shape index (κ2) is 13.0. The van der Waals surface area contributed by atoms with Gasteiger partial charge in [0.1, 0.15) is 0 Å². The summed E-state index contributed by atoms with van der Waals surface area (Å²) < 4.78 is 0. The van der Waals surface area contributed by atoms with E-state index in [1.807, 2.05) is 12.4 Å². The number of allylic oxidation sites excluding steroid dienone is 3. The predicted octanol–water partition coefficient (Wildman–Crippen LogP) is 5.76. The summed E-state index contributed by atoms with van der Waals surface area (Å²) in [6.07, 6.45) is 16.1. The van der Waals surface area contributed by atoms with Crippen molar-refractivity contribution in [3.8, 4) is 0 Å². The van der Waals surface area contributed by atoms with Crippen LogP contribution in [0.2, 0.25) is 0 Å². The molecule has 0 unspecified atom stereocenters. The molecule has 0 atom stereocenters. The van der Waals surface area contributed by atoms with Gasteiger partial charge in [-0.15, -0.1) is 0 Å². The number of hydrogen-bond donors (Lipinski definition) is 1. The summed E-state index contributed by atoms with van der Waals surface area (Å²) in [5.74, 6) is 0.767. The van der Waals surface area contributed by atoms with E-state index in [0.717, 1.165) is 38.4 Å². The number of aliphatic imine (C=N–C) groups is 2. The molecule has 1 aliphatic carbocycles. The minimum Gasteiger partial charge on any atom is -0.375 e. The standard InChI is InChI=1S/C25H44N4/c1-6-9-16-29(8-3)24(7-2)18-22(25-19-26-14-15-27-25)17-21-10-12-23(13-11-21)28-20(4)5/h14-15,18,20-21,23,28H,6-13,16-17,19H2,1-5H3/b24-18+,25-22+. The van der Waals surface area contributed by atoms with Crippen LogP contribution in [0.3, 0.4) is 0 Å². The Kier molecular flexibility index (Phi) is 10.7. The topological polar surface area (TPSA) is 40.0 Å². The van der Waals surface area contributed by atoms with Crippen LogP contribution in [0.5, 0.6) is 0 Å². The van der Waals surface area contributed by atoms with Crippen molar-refractivity contribution in [3.63, 3.8) is 0 Å². The van der Waals surface area contributed by atoms with Crippen molar-refractivity contribution in [2.45, 2.75) is 98.1 Å². The summed E-state index contributed by atoms with van der Waals surface area (Å²) in [4.78, 5) is 11.8. The van der Waals surface area contributed by atoms with Crippen LogP contribution in [-0.4, -0.2) is 49.0 Å². The highest BCUT2D eigenvalue weighted by molar-refractivity contribution is 6.17. The molecule has 4 nitrogen and oxygen atoms in total. The second-order valence-corrected chi connectivity index (χ2v) is 8.91. The molecular weight excluding hydrogens is 356 g/mol. The maximum atomic E-state index is 4.71. The van der Waals surface area contributed by atoms with Crippen LogP contribution in [0.4, 0.5) is 0 Å². The maximum Gasteiger partial charge on any atom is 0.0815 e. The molecule has 0 aromatic rings. The molecule has 2 rings (SSSR count). The molecule has 1 N–H and O–H groups in total. The van der Waals surface area contributed by atoms with Crippen molar-refractivity contribution in [2.24, 2.45) is 15.9 Å². The van der Waals surface area contributed by atoms with Crippen molar-refractivity contribution < 1.29 is 0 Å². The molecule has 0 radical (unpaired) electrons. The third kappa shape index (κ3) is 8.08. The van der Waals surface area contributed by atoms with Gasteiger partial charge in [0, 0.05) is 43.3 Å². The average molecular weight is 401 g/mol. The Morgan fingerprint density at radius 2 is 1.93 bits per heavy atom. The summed E-state index contributed by atoms with van der Waals surface area (Å²) >= 11 is 0. The molecule has 1 heterocycles. The lowest BCUT2D eigenvalue weighted by Gasteiger charge is -2.31. The Labute approximate surface area is 179 Å². The smallest absolute Gasteiger partial charge is 0.0815 e. The summed E-state index contributed by atoms with van der Waals surface area (Å²) in [6, 6.07) is 1.29. The highest BCUT2D eigenvalue weighted by Gasteiger charge is 2.23. The molecule has 4 heteroatoms. The number of hydrogen-bond acceptors (Lipinski definition) is 4. The van der Waals surface area contributed by atoms with Crippen molar-refractivity contribution in [1.82, 2.24) is 10.2 Å². The van der Waals surface area contributed by atoms with E-state index in [4.69, 9.17) is 4.99 Å². The van der Waals surface area contributed by atoms with Crippen LogP contribution in [-0.2, 0) is 0 Å². The lowest BCUT2D eigenvalue weighted by Crippen LogP contribution is -2.37. The van der Waals surface area contributed by atoms with E-state index in [1.165, 1.54) is 55.5 Å². The van der Waals surface area contributed by atoms with Gasteiger partial charge in [0.2, 0.25) is 0 Å². The average Bonchev–Trinajstić information content (AvgIpc) is 2.74. The lowest BCUT2D eigenvalue weighted by molar-refractivity contribution is 0.279. The fourth-order valence-electron chi connectivity index (χ4n) is 4.58. The third-order valence-electron chi connectivity index (χ3n) is 6.21. The van der Waals surface area contributed by atoms with Gasteiger partial charge in [-0.25, -0.2) is 0 Å². The fraction of sp³-hybridized carbons (Fsp3) is 0.760. The summed E-state index contributed by atoms with van der Waals surface area (Å²) in [5, 5.41) is 3.73. The predicted molar refractivity (Wildman–Crippen MR) is 128 cm³/mol. The number of nitrogens with zero attached hydrogens (tertiary/aromatic N) is 3. The fourth-order valence-corrected chi connectivity index (χ4v) is 4.58. The summed E-state index contributed by atoms with van der Waals surface area (Å²) in [6.45, 7) is 14.3. The number of rotatable bonds is 11. The van der Waals surface area contributed by atoms with E-state index in [1.54, 1.807) is 0 Å². The van der Waals surface area contributed by atoms with Crippen LogP contribution in [0.1, 0.15) is 86.0 Å². The van der Waals surface area contributed by atoms with E-state index >= 15 is 0 Å². The van der Waals surface area contributed by atoms with Crippen molar-refractivity contribution in [1.29, 1.82) is 0 Å². The van der Waals surface area contributed by atoms with Crippen molar-refractivity contribution in [3.05, 3.63) is 23.0 Å². The van der Waals surface area contributed by atoms with Crippen LogP contribution in [0.25, 0.3) is 0 Å². The molecule has 0 spiro atoms.